The van der Waals surface area contributed by atoms with Gasteiger partial charge in [0.15, 0.2) is 5.43 Å². The van der Waals surface area contributed by atoms with E-state index in [2.05, 4.69) is 5.32 Å². The van der Waals surface area contributed by atoms with Gasteiger partial charge < -0.3 is 14.8 Å². The van der Waals surface area contributed by atoms with Crippen molar-refractivity contribution in [2.75, 3.05) is 0 Å². The van der Waals surface area contributed by atoms with Crippen molar-refractivity contribution in [2.45, 2.75) is 40.2 Å². The van der Waals surface area contributed by atoms with E-state index in [4.69, 9.17) is 4.42 Å². The number of benzene rings is 2. The second kappa shape index (κ2) is 8.53. The minimum Gasteiger partial charge on any atom is -0.480 e. The Hall–Kier alpha value is -3.41. The molecule has 156 valence electrons. The van der Waals surface area contributed by atoms with E-state index in [1.54, 1.807) is 31.2 Å². The van der Waals surface area contributed by atoms with Crippen molar-refractivity contribution < 1.29 is 19.1 Å². The van der Waals surface area contributed by atoms with E-state index in [-0.39, 0.29) is 11.3 Å². The molecule has 0 radical (unpaired) electrons. The molecule has 2 N–H and O–H groups in total. The predicted octanol–water partition coefficient (Wildman–Crippen LogP) is 4.31. The van der Waals surface area contributed by atoms with Gasteiger partial charge in [0.1, 0.15) is 17.4 Å². The maximum Gasteiger partial charge on any atom is 0.326 e. The Morgan fingerprint density at radius 3 is 2.37 bits per heavy atom. The molecule has 30 heavy (non-hydrogen) atoms. The third-order valence-electron chi connectivity index (χ3n) is 5.36. The smallest absolute Gasteiger partial charge is 0.326 e. The van der Waals surface area contributed by atoms with Crippen LogP contribution in [-0.2, 0) is 4.79 Å². The molecule has 1 aromatic heterocycles. The lowest BCUT2D eigenvalue weighted by Gasteiger charge is -2.20. The Morgan fingerprint density at radius 2 is 1.77 bits per heavy atom. The quantitative estimate of drug-likeness (QED) is 0.635. The van der Waals surface area contributed by atoms with Crippen LogP contribution >= 0.6 is 0 Å². The van der Waals surface area contributed by atoms with Crippen LogP contribution in [0.3, 0.4) is 0 Å². The largest absolute Gasteiger partial charge is 0.480 e. The zero-order valence-corrected chi connectivity index (χ0v) is 17.5. The van der Waals surface area contributed by atoms with Crippen LogP contribution in [0.5, 0.6) is 0 Å². The van der Waals surface area contributed by atoms with Crippen molar-refractivity contribution in [1.29, 1.82) is 0 Å². The first-order valence-corrected chi connectivity index (χ1v) is 9.90. The van der Waals surface area contributed by atoms with Crippen molar-refractivity contribution in [2.24, 2.45) is 5.92 Å². The van der Waals surface area contributed by atoms with E-state index in [0.717, 1.165) is 11.1 Å². The first-order valence-electron chi connectivity index (χ1n) is 9.90. The second-order valence-electron chi connectivity index (χ2n) is 7.69. The summed E-state index contributed by atoms with van der Waals surface area (Å²) in [6, 6.07) is 10.8. The number of amides is 1. The summed E-state index contributed by atoms with van der Waals surface area (Å²) in [6.07, 6.45) is 0.635. The summed E-state index contributed by atoms with van der Waals surface area (Å²) in [7, 11) is 0. The van der Waals surface area contributed by atoms with Gasteiger partial charge in [0.05, 0.1) is 5.39 Å². The van der Waals surface area contributed by atoms with E-state index in [0.29, 0.717) is 34.3 Å². The number of aliphatic carboxylic acids is 1. The number of hydrogen-bond donors (Lipinski definition) is 2. The maximum atomic E-state index is 12.6. The zero-order chi connectivity index (χ0) is 22.0. The SMILES string of the molecule is CCC(C)C(NC(=O)c1ccc(-c2cc(=O)c3cc(C)cc(C)c3o2)cc1)C(=O)O. The van der Waals surface area contributed by atoms with Gasteiger partial charge >= 0.3 is 5.97 Å². The third kappa shape index (κ3) is 4.27. The van der Waals surface area contributed by atoms with E-state index >= 15 is 0 Å². The lowest BCUT2D eigenvalue weighted by Crippen LogP contribution is -2.45. The molecule has 0 aliphatic heterocycles. The number of carbonyl (C=O) groups is 2. The molecule has 3 rings (SSSR count). The first-order chi connectivity index (χ1) is 14.2. The molecular weight excluding hydrogens is 382 g/mol. The molecule has 0 saturated carbocycles. The molecule has 1 heterocycles. The van der Waals surface area contributed by atoms with E-state index in [9.17, 15) is 19.5 Å². The van der Waals surface area contributed by atoms with Crippen LogP contribution in [0.2, 0.25) is 0 Å². The second-order valence-corrected chi connectivity index (χ2v) is 7.69. The minimum absolute atomic E-state index is 0.127. The Morgan fingerprint density at radius 1 is 1.10 bits per heavy atom. The van der Waals surface area contributed by atoms with Gasteiger partial charge in [-0.15, -0.1) is 0 Å². The van der Waals surface area contributed by atoms with Crippen LogP contribution in [0.15, 0.2) is 51.7 Å². The molecule has 6 heteroatoms. The third-order valence-corrected chi connectivity index (χ3v) is 5.36. The summed E-state index contributed by atoms with van der Waals surface area (Å²) in [5, 5.41) is 12.5. The van der Waals surface area contributed by atoms with Crippen molar-refractivity contribution in [3.63, 3.8) is 0 Å². The Kier molecular flexibility index (Phi) is 6.06. The minimum atomic E-state index is -1.06. The van der Waals surface area contributed by atoms with Crippen molar-refractivity contribution in [3.8, 4) is 11.3 Å². The molecule has 2 atom stereocenters. The fraction of sp³-hybridized carbons (Fsp3) is 0.292. The monoisotopic (exact) mass is 407 g/mol. The van der Waals surface area contributed by atoms with Crippen LogP contribution in [0.1, 0.15) is 41.8 Å². The van der Waals surface area contributed by atoms with Crippen molar-refractivity contribution in [1.82, 2.24) is 5.32 Å². The van der Waals surface area contributed by atoms with Gasteiger partial charge in [-0.25, -0.2) is 4.79 Å². The highest BCUT2D eigenvalue weighted by molar-refractivity contribution is 5.97. The molecule has 1 amide bonds. The number of carboxylic acids is 1. The maximum absolute atomic E-state index is 12.6. The fourth-order valence-electron chi connectivity index (χ4n) is 3.44. The van der Waals surface area contributed by atoms with Gasteiger partial charge in [-0.2, -0.15) is 0 Å². The fourth-order valence-corrected chi connectivity index (χ4v) is 3.44. The van der Waals surface area contributed by atoms with Gasteiger partial charge in [0.25, 0.3) is 5.91 Å². The average molecular weight is 407 g/mol. The summed E-state index contributed by atoms with van der Waals surface area (Å²) in [6.45, 7) is 7.49. The van der Waals surface area contributed by atoms with Gasteiger partial charge in [-0.05, 0) is 49.1 Å². The lowest BCUT2D eigenvalue weighted by molar-refractivity contribution is -0.140. The first kappa shape index (κ1) is 21.3. The van der Waals surface area contributed by atoms with Gasteiger partial charge in [-0.1, -0.05) is 38.5 Å². The molecule has 0 aliphatic rings. The molecule has 0 fully saturated rings. The highest BCUT2D eigenvalue weighted by Gasteiger charge is 2.25. The number of fused-ring (bicyclic) bond motifs is 1. The highest BCUT2D eigenvalue weighted by Crippen LogP contribution is 2.25. The summed E-state index contributed by atoms with van der Waals surface area (Å²) in [4.78, 5) is 36.5. The molecule has 3 aromatic rings. The highest BCUT2D eigenvalue weighted by atomic mass is 16.4. The van der Waals surface area contributed by atoms with Crippen LogP contribution < -0.4 is 10.7 Å². The van der Waals surface area contributed by atoms with Crippen LogP contribution in [-0.4, -0.2) is 23.0 Å². The molecule has 6 nitrogen and oxygen atoms in total. The van der Waals surface area contributed by atoms with E-state index in [1.165, 1.54) is 6.07 Å². The Balaban J connectivity index is 1.89. The molecule has 0 aliphatic carbocycles. The molecular formula is C24H25NO5. The van der Waals surface area contributed by atoms with Gasteiger partial charge in [0, 0.05) is 17.2 Å². The number of carboxylic acid groups (broad SMARTS) is 1. The molecule has 2 aromatic carbocycles. The van der Waals surface area contributed by atoms with Crippen LogP contribution in [0.4, 0.5) is 0 Å². The van der Waals surface area contributed by atoms with Gasteiger partial charge in [-0.3, -0.25) is 9.59 Å². The normalized spacial score (nSPS) is 13.1. The summed E-state index contributed by atoms with van der Waals surface area (Å²) >= 11 is 0. The number of aryl methyl sites for hydroxylation is 2. The topological polar surface area (TPSA) is 96.6 Å². The van der Waals surface area contributed by atoms with Crippen LogP contribution in [0, 0.1) is 19.8 Å². The number of hydrogen-bond acceptors (Lipinski definition) is 4. The van der Waals surface area contributed by atoms with Crippen molar-refractivity contribution in [3.05, 3.63) is 69.4 Å². The van der Waals surface area contributed by atoms with Crippen LogP contribution in [0.25, 0.3) is 22.3 Å². The Labute approximate surface area is 174 Å². The lowest BCUT2D eigenvalue weighted by atomic mass is 9.98. The number of nitrogens with one attached hydrogen (secondary N) is 1. The zero-order valence-electron chi connectivity index (χ0n) is 17.5. The molecule has 0 bridgehead atoms. The standard InChI is InChI=1S/C24H25NO5/c1-5-14(3)21(24(28)29)25-23(27)17-8-6-16(7-9-17)20-12-19(26)18-11-13(2)10-15(4)22(18)30-20/h6-12,14,21H,5H2,1-4H3,(H,25,27)(H,28,29). The summed E-state index contributed by atoms with van der Waals surface area (Å²) in [5.74, 6) is -1.29. The molecule has 0 spiro atoms. The Bertz CT molecular complexity index is 1160. The van der Waals surface area contributed by atoms with Gasteiger partial charge in [0.2, 0.25) is 0 Å². The van der Waals surface area contributed by atoms with E-state index in [1.807, 2.05) is 32.9 Å². The predicted molar refractivity (Wildman–Crippen MR) is 116 cm³/mol. The average Bonchev–Trinajstić information content (AvgIpc) is 2.71. The summed E-state index contributed by atoms with van der Waals surface area (Å²) < 4.78 is 5.98. The number of rotatable bonds is 6. The molecule has 2 unspecified atom stereocenters. The summed E-state index contributed by atoms with van der Waals surface area (Å²) in [5.41, 5.74) is 3.28. The number of carbonyl (C=O) groups excluding carboxylic acids is 1. The molecule has 0 saturated heterocycles. The van der Waals surface area contributed by atoms with Crippen molar-refractivity contribution >= 4 is 22.8 Å². The van der Waals surface area contributed by atoms with E-state index < -0.39 is 17.9 Å².